The monoisotopic (exact) mass is 703 g/mol. The molecule has 50 heavy (non-hydrogen) atoms. The number of unbranched alkanes of at least 4 members (excludes halogenated alkanes) is 5. The lowest BCUT2D eigenvalue weighted by Crippen LogP contribution is -2.68. The average molecular weight is 703 g/mol. The fourth-order valence-corrected chi connectivity index (χ4v) is 12.1. The maximum absolute atomic E-state index is 7.11. The van der Waals surface area contributed by atoms with Crippen molar-refractivity contribution in [1.29, 1.82) is 0 Å². The predicted molar refractivity (Wildman–Crippen MR) is 210 cm³/mol. The lowest BCUT2D eigenvalue weighted by atomic mass is 9.36. The van der Waals surface area contributed by atoms with E-state index in [2.05, 4.69) is 39.1 Å². The lowest BCUT2D eigenvalue weighted by molar-refractivity contribution is -0.256. The van der Waals surface area contributed by atoms with Gasteiger partial charge in [-0.25, -0.2) is 0 Å². The number of allylic oxidation sites excluding steroid dienone is 1. The van der Waals surface area contributed by atoms with Gasteiger partial charge < -0.3 is 36.7 Å². The van der Waals surface area contributed by atoms with Crippen molar-refractivity contribution in [1.82, 2.24) is 5.32 Å². The third-order valence-electron chi connectivity index (χ3n) is 14.9. The average Bonchev–Trinajstić information content (AvgIpc) is 3.47. The van der Waals surface area contributed by atoms with Gasteiger partial charge in [-0.3, -0.25) is 0 Å². The first-order valence-corrected chi connectivity index (χ1v) is 21.6. The first-order chi connectivity index (χ1) is 24.3. The van der Waals surface area contributed by atoms with Crippen LogP contribution in [0.2, 0.25) is 0 Å². The number of nitrogens with one attached hydrogen (secondary N) is 1. The molecule has 0 spiro atoms. The second kappa shape index (κ2) is 20.8. The summed E-state index contributed by atoms with van der Waals surface area (Å²) in [6.45, 7) is 21.4. The summed E-state index contributed by atoms with van der Waals surface area (Å²) in [5, 5.41) is 3.77. The molecule has 4 fully saturated rings. The van der Waals surface area contributed by atoms with Crippen LogP contribution in [0.15, 0.2) is 12.7 Å². The van der Waals surface area contributed by atoms with E-state index in [4.69, 9.17) is 38.0 Å². The van der Waals surface area contributed by atoms with Gasteiger partial charge in [0, 0.05) is 30.7 Å². The van der Waals surface area contributed by atoms with Crippen molar-refractivity contribution in [3.05, 3.63) is 12.7 Å². The Morgan fingerprint density at radius 1 is 0.800 bits per heavy atom. The van der Waals surface area contributed by atoms with Crippen LogP contribution in [-0.4, -0.2) is 70.9 Å². The van der Waals surface area contributed by atoms with E-state index in [-0.39, 0.29) is 28.5 Å². The highest BCUT2D eigenvalue weighted by molar-refractivity contribution is 5.25. The second-order valence-corrected chi connectivity index (χ2v) is 17.6. The van der Waals surface area contributed by atoms with Crippen molar-refractivity contribution in [2.24, 2.45) is 63.0 Å². The van der Waals surface area contributed by atoms with Crippen molar-refractivity contribution in [3.63, 3.8) is 0 Å². The maximum Gasteiger partial charge on any atom is 0.0642 e. The topological polar surface area (TPSA) is 118 Å². The molecule has 4 rings (SSSR count). The van der Waals surface area contributed by atoms with Gasteiger partial charge in [-0.1, -0.05) is 65.9 Å². The number of hydrogen-bond acceptors (Lipinski definition) is 7. The Balaban J connectivity index is 1.54. The molecule has 0 aromatic rings. The van der Waals surface area contributed by atoms with Gasteiger partial charge >= 0.3 is 0 Å². The zero-order valence-electron chi connectivity index (χ0n) is 33.2. The summed E-state index contributed by atoms with van der Waals surface area (Å²) >= 11 is 0. The summed E-state index contributed by atoms with van der Waals surface area (Å²) in [5.74, 6) is 2.85. The molecule has 0 heterocycles. The quantitative estimate of drug-likeness (QED) is 0.0563. The van der Waals surface area contributed by atoms with Crippen LogP contribution in [0.4, 0.5) is 0 Å². The summed E-state index contributed by atoms with van der Waals surface area (Å²) in [4.78, 5) is 0. The number of rotatable bonds is 25. The highest BCUT2D eigenvalue weighted by Crippen LogP contribution is 2.74. The van der Waals surface area contributed by atoms with Gasteiger partial charge in [-0.15, -0.1) is 6.58 Å². The van der Waals surface area contributed by atoms with Gasteiger partial charge in [-0.2, -0.15) is 0 Å². The van der Waals surface area contributed by atoms with Crippen LogP contribution in [0.5, 0.6) is 0 Å². The highest BCUT2D eigenvalue weighted by atomic mass is 16.5. The van der Waals surface area contributed by atoms with E-state index < -0.39 is 0 Å². The summed E-state index contributed by atoms with van der Waals surface area (Å²) in [6.07, 6.45) is 24.7. The van der Waals surface area contributed by atoms with E-state index in [0.29, 0.717) is 55.3 Å². The molecule has 0 bridgehead atoms. The van der Waals surface area contributed by atoms with Crippen molar-refractivity contribution in [2.45, 2.75) is 162 Å². The van der Waals surface area contributed by atoms with Gasteiger partial charge in [0.05, 0.1) is 18.3 Å². The van der Waals surface area contributed by atoms with Crippen molar-refractivity contribution >= 4 is 0 Å². The zero-order chi connectivity index (χ0) is 36.0. The minimum atomic E-state index is -0.0400. The SMILES string of the molecule is C=C[C@]12C[C@H](OCCCN)[C@]3(C)[C@@H]([C@H](C)CCCNCCCCCCCC)CC[C@H]3[C@@H]1[C@H](OCCCN)C[C@@H]1CC(OCCCN)CC[C@@]12C. The van der Waals surface area contributed by atoms with Gasteiger partial charge in [-0.05, 0) is 151 Å². The van der Waals surface area contributed by atoms with Crippen LogP contribution in [-0.2, 0) is 14.2 Å². The summed E-state index contributed by atoms with van der Waals surface area (Å²) in [5.41, 5.74) is 18.1. The van der Waals surface area contributed by atoms with Crippen LogP contribution >= 0.6 is 0 Å². The lowest BCUT2D eigenvalue weighted by Gasteiger charge is -2.70. The van der Waals surface area contributed by atoms with Gasteiger partial charge in [0.25, 0.3) is 0 Å². The Labute approximate surface area is 308 Å². The standard InChI is InChI=1S/C43H82N4O3/c1-6-8-9-10-11-12-25-47-26-13-17-33(3)36-18-19-37-40-38(49-28-15-23-45)31-34-30-35(48-27-14-22-44)20-21-41(34,4)43(40,7-2)32-39(42(36,37)5)50-29-16-24-46/h7,33-40,47H,2,6,8-32,44-46H2,1,3-5H3/t33-,34+,35?,36-,37+,38-,39+,40-,41+,42-,43+/m1/s1. The van der Waals surface area contributed by atoms with Crippen molar-refractivity contribution in [3.8, 4) is 0 Å². The predicted octanol–water partition coefficient (Wildman–Crippen LogP) is 7.99. The van der Waals surface area contributed by atoms with E-state index in [9.17, 15) is 0 Å². The minimum absolute atomic E-state index is 0.0400. The van der Waals surface area contributed by atoms with Crippen molar-refractivity contribution < 1.29 is 14.2 Å². The number of ether oxygens (including phenoxy) is 3. The molecule has 0 radical (unpaired) electrons. The fraction of sp³-hybridized carbons (Fsp3) is 0.953. The molecule has 4 saturated carbocycles. The van der Waals surface area contributed by atoms with E-state index >= 15 is 0 Å². The summed E-state index contributed by atoms with van der Waals surface area (Å²) < 4.78 is 20.6. The molecular weight excluding hydrogens is 620 g/mol. The third-order valence-corrected chi connectivity index (χ3v) is 14.9. The largest absolute Gasteiger partial charge is 0.378 e. The van der Waals surface area contributed by atoms with E-state index in [0.717, 1.165) is 77.9 Å². The Morgan fingerprint density at radius 3 is 2.16 bits per heavy atom. The zero-order valence-corrected chi connectivity index (χ0v) is 33.2. The highest BCUT2D eigenvalue weighted by Gasteiger charge is 2.71. The molecule has 0 amide bonds. The molecule has 0 saturated heterocycles. The molecule has 292 valence electrons. The van der Waals surface area contributed by atoms with Crippen LogP contribution in [0.25, 0.3) is 0 Å². The van der Waals surface area contributed by atoms with E-state index in [1.54, 1.807) is 0 Å². The first-order valence-electron chi connectivity index (χ1n) is 21.6. The Hall–Kier alpha value is -0.540. The molecule has 4 aliphatic rings. The van der Waals surface area contributed by atoms with E-state index in [1.807, 2.05) is 0 Å². The van der Waals surface area contributed by atoms with Crippen molar-refractivity contribution in [2.75, 3.05) is 52.5 Å². The summed E-state index contributed by atoms with van der Waals surface area (Å²) in [6, 6.07) is 0. The van der Waals surface area contributed by atoms with Crippen LogP contribution in [0, 0.1) is 45.8 Å². The first kappa shape index (κ1) is 42.2. The molecule has 0 aliphatic heterocycles. The number of fused-ring (bicyclic) bond motifs is 5. The molecule has 7 heteroatoms. The molecule has 7 N–H and O–H groups in total. The maximum atomic E-state index is 7.11. The number of nitrogens with two attached hydrogens (primary N) is 3. The molecular formula is C43H82N4O3. The van der Waals surface area contributed by atoms with E-state index in [1.165, 1.54) is 70.6 Å². The molecule has 7 nitrogen and oxygen atoms in total. The molecule has 1 unspecified atom stereocenters. The second-order valence-electron chi connectivity index (χ2n) is 17.6. The third kappa shape index (κ3) is 9.39. The van der Waals surface area contributed by atoms with Gasteiger partial charge in [0.15, 0.2) is 0 Å². The Bertz CT molecular complexity index is 968. The van der Waals surface area contributed by atoms with Gasteiger partial charge in [0.2, 0.25) is 0 Å². The fourth-order valence-electron chi connectivity index (χ4n) is 12.1. The van der Waals surface area contributed by atoms with Crippen LogP contribution < -0.4 is 22.5 Å². The molecule has 4 aliphatic carbocycles. The molecule has 0 aromatic heterocycles. The minimum Gasteiger partial charge on any atom is -0.378 e. The van der Waals surface area contributed by atoms with Crippen LogP contribution in [0.3, 0.4) is 0 Å². The summed E-state index contributed by atoms with van der Waals surface area (Å²) in [7, 11) is 0. The Morgan fingerprint density at radius 2 is 1.46 bits per heavy atom. The Kier molecular flexibility index (Phi) is 17.5. The van der Waals surface area contributed by atoms with Gasteiger partial charge in [0.1, 0.15) is 0 Å². The number of hydrogen-bond donors (Lipinski definition) is 4. The smallest absolute Gasteiger partial charge is 0.0642 e. The normalized spacial score (nSPS) is 37.2. The molecule has 0 aromatic carbocycles. The molecule has 11 atom stereocenters. The van der Waals surface area contributed by atoms with Crippen LogP contribution in [0.1, 0.15) is 143 Å².